The van der Waals surface area contributed by atoms with Crippen LogP contribution in [0.15, 0.2) is 0 Å². The van der Waals surface area contributed by atoms with Gasteiger partial charge in [0.25, 0.3) is 0 Å². The summed E-state index contributed by atoms with van der Waals surface area (Å²) in [6.07, 6.45) is 9.78. The molecule has 0 aromatic heterocycles. The average Bonchev–Trinajstić information content (AvgIpc) is 2.87. The standard InChI is InChI=1S/C15H28N2O/c1-12(16)14-9-10-17(11-14)15(18)8-7-13-5-3-2-4-6-13/h12-14H,2-11,16H2,1H3. The summed E-state index contributed by atoms with van der Waals surface area (Å²) in [6, 6.07) is 0.223. The molecule has 3 heteroatoms. The van der Waals surface area contributed by atoms with Gasteiger partial charge >= 0.3 is 0 Å². The van der Waals surface area contributed by atoms with Gasteiger partial charge < -0.3 is 10.6 Å². The van der Waals surface area contributed by atoms with E-state index < -0.39 is 0 Å². The Bertz CT molecular complexity index is 272. The lowest BCUT2D eigenvalue weighted by Crippen LogP contribution is -2.33. The molecule has 0 aromatic carbocycles. The monoisotopic (exact) mass is 252 g/mol. The summed E-state index contributed by atoms with van der Waals surface area (Å²) in [5.74, 6) is 1.70. The predicted octanol–water partition coefficient (Wildman–Crippen LogP) is 2.54. The number of rotatable bonds is 4. The van der Waals surface area contributed by atoms with Crippen molar-refractivity contribution in [3.63, 3.8) is 0 Å². The maximum absolute atomic E-state index is 12.1. The molecule has 2 aliphatic rings. The number of hydrogen-bond acceptors (Lipinski definition) is 2. The Morgan fingerprint density at radius 3 is 2.61 bits per heavy atom. The first-order valence-corrected chi connectivity index (χ1v) is 7.70. The van der Waals surface area contributed by atoms with Gasteiger partial charge in [0, 0.05) is 25.6 Å². The van der Waals surface area contributed by atoms with E-state index in [1.807, 2.05) is 4.90 Å². The van der Waals surface area contributed by atoms with E-state index in [1.54, 1.807) is 0 Å². The highest BCUT2D eigenvalue weighted by Crippen LogP contribution is 2.28. The Labute approximate surface area is 111 Å². The van der Waals surface area contributed by atoms with Crippen molar-refractivity contribution >= 4 is 5.91 Å². The zero-order valence-electron chi connectivity index (χ0n) is 11.7. The number of carbonyl (C=O) groups is 1. The van der Waals surface area contributed by atoms with Crippen LogP contribution in [0.25, 0.3) is 0 Å². The second kappa shape index (κ2) is 6.55. The van der Waals surface area contributed by atoms with Crippen LogP contribution in [0.1, 0.15) is 58.3 Å². The third-order valence-electron chi connectivity index (χ3n) is 4.81. The van der Waals surface area contributed by atoms with Crippen molar-refractivity contribution in [2.45, 2.75) is 64.3 Å². The van der Waals surface area contributed by atoms with Crippen LogP contribution in [0, 0.1) is 11.8 Å². The van der Waals surface area contributed by atoms with Crippen molar-refractivity contribution in [1.82, 2.24) is 4.90 Å². The third-order valence-corrected chi connectivity index (χ3v) is 4.81. The largest absolute Gasteiger partial charge is 0.342 e. The van der Waals surface area contributed by atoms with Gasteiger partial charge in [0.15, 0.2) is 0 Å². The van der Waals surface area contributed by atoms with E-state index in [0.29, 0.717) is 11.8 Å². The molecule has 2 N–H and O–H groups in total. The molecule has 0 radical (unpaired) electrons. The van der Waals surface area contributed by atoms with E-state index in [2.05, 4.69) is 6.92 Å². The van der Waals surface area contributed by atoms with Gasteiger partial charge in [0.1, 0.15) is 0 Å². The molecule has 0 spiro atoms. The summed E-state index contributed by atoms with van der Waals surface area (Å²) >= 11 is 0. The summed E-state index contributed by atoms with van der Waals surface area (Å²) < 4.78 is 0. The first kappa shape index (κ1) is 13.9. The van der Waals surface area contributed by atoms with Gasteiger partial charge in [-0.3, -0.25) is 4.79 Å². The van der Waals surface area contributed by atoms with Crippen molar-refractivity contribution in [2.24, 2.45) is 17.6 Å². The van der Waals surface area contributed by atoms with Crippen LogP contribution in [0.3, 0.4) is 0 Å². The molecule has 1 saturated heterocycles. The lowest BCUT2D eigenvalue weighted by atomic mass is 9.86. The van der Waals surface area contributed by atoms with Crippen molar-refractivity contribution in [1.29, 1.82) is 0 Å². The fourth-order valence-electron chi connectivity index (χ4n) is 3.40. The summed E-state index contributed by atoms with van der Waals surface area (Å²) in [5.41, 5.74) is 5.91. The smallest absolute Gasteiger partial charge is 0.222 e. The van der Waals surface area contributed by atoms with Gasteiger partial charge in [-0.15, -0.1) is 0 Å². The second-order valence-electron chi connectivity index (χ2n) is 6.29. The Morgan fingerprint density at radius 2 is 2.00 bits per heavy atom. The zero-order chi connectivity index (χ0) is 13.0. The second-order valence-corrected chi connectivity index (χ2v) is 6.29. The lowest BCUT2D eigenvalue weighted by Gasteiger charge is -2.23. The van der Waals surface area contributed by atoms with Crippen LogP contribution >= 0.6 is 0 Å². The van der Waals surface area contributed by atoms with E-state index >= 15 is 0 Å². The van der Waals surface area contributed by atoms with Crippen molar-refractivity contribution < 1.29 is 4.79 Å². The van der Waals surface area contributed by atoms with Crippen molar-refractivity contribution in [2.75, 3.05) is 13.1 Å². The van der Waals surface area contributed by atoms with E-state index in [4.69, 9.17) is 5.73 Å². The Kier molecular flexibility index (Phi) is 5.04. The third kappa shape index (κ3) is 3.71. The van der Waals surface area contributed by atoms with Gasteiger partial charge in [-0.05, 0) is 31.6 Å². The number of likely N-dealkylation sites (tertiary alicyclic amines) is 1. The van der Waals surface area contributed by atoms with Crippen LogP contribution in [0.4, 0.5) is 0 Å². The van der Waals surface area contributed by atoms with Crippen LogP contribution in [0.5, 0.6) is 0 Å². The minimum atomic E-state index is 0.223. The van der Waals surface area contributed by atoms with Gasteiger partial charge in [-0.1, -0.05) is 32.1 Å². The maximum atomic E-state index is 12.1. The SMILES string of the molecule is CC(N)C1CCN(C(=O)CCC2CCCCC2)C1. The van der Waals surface area contributed by atoms with Crippen LogP contribution in [-0.2, 0) is 4.79 Å². The molecule has 1 amide bonds. The Balaban J connectivity index is 1.68. The molecular weight excluding hydrogens is 224 g/mol. The molecule has 2 unspecified atom stereocenters. The van der Waals surface area contributed by atoms with Gasteiger partial charge in [0.05, 0.1) is 0 Å². The molecule has 1 saturated carbocycles. The van der Waals surface area contributed by atoms with Crippen LogP contribution in [0.2, 0.25) is 0 Å². The number of amides is 1. The Hall–Kier alpha value is -0.570. The highest BCUT2D eigenvalue weighted by Gasteiger charge is 2.28. The van der Waals surface area contributed by atoms with Crippen molar-refractivity contribution in [3.8, 4) is 0 Å². The maximum Gasteiger partial charge on any atom is 0.222 e. The van der Waals surface area contributed by atoms with Crippen LogP contribution < -0.4 is 5.73 Å². The number of nitrogens with two attached hydrogens (primary N) is 1. The van der Waals surface area contributed by atoms with E-state index in [1.165, 1.54) is 32.1 Å². The molecule has 104 valence electrons. The molecule has 0 bridgehead atoms. The molecule has 2 atom stereocenters. The molecule has 2 fully saturated rings. The average molecular weight is 252 g/mol. The predicted molar refractivity (Wildman–Crippen MR) is 74.1 cm³/mol. The number of carbonyl (C=O) groups excluding carboxylic acids is 1. The molecule has 1 aliphatic carbocycles. The summed E-state index contributed by atoms with van der Waals surface area (Å²) in [4.78, 5) is 14.2. The minimum absolute atomic E-state index is 0.223. The molecule has 1 heterocycles. The molecule has 3 nitrogen and oxygen atoms in total. The highest BCUT2D eigenvalue weighted by molar-refractivity contribution is 5.76. The number of hydrogen-bond donors (Lipinski definition) is 1. The fourth-order valence-corrected chi connectivity index (χ4v) is 3.40. The topological polar surface area (TPSA) is 46.3 Å². The normalized spacial score (nSPS) is 27.4. The van der Waals surface area contributed by atoms with Gasteiger partial charge in [-0.2, -0.15) is 0 Å². The number of nitrogens with zero attached hydrogens (tertiary/aromatic N) is 1. The van der Waals surface area contributed by atoms with E-state index in [9.17, 15) is 4.79 Å². The summed E-state index contributed by atoms with van der Waals surface area (Å²) in [7, 11) is 0. The molecule has 0 aromatic rings. The molecule has 1 aliphatic heterocycles. The Morgan fingerprint density at radius 1 is 1.28 bits per heavy atom. The first-order chi connectivity index (χ1) is 8.66. The quantitative estimate of drug-likeness (QED) is 0.835. The van der Waals surface area contributed by atoms with Crippen LogP contribution in [-0.4, -0.2) is 29.9 Å². The molecule has 18 heavy (non-hydrogen) atoms. The van der Waals surface area contributed by atoms with E-state index in [-0.39, 0.29) is 6.04 Å². The summed E-state index contributed by atoms with van der Waals surface area (Å²) in [5, 5.41) is 0. The van der Waals surface area contributed by atoms with E-state index in [0.717, 1.165) is 38.3 Å². The zero-order valence-corrected chi connectivity index (χ0v) is 11.7. The summed E-state index contributed by atoms with van der Waals surface area (Å²) in [6.45, 7) is 3.87. The molecular formula is C15H28N2O. The minimum Gasteiger partial charge on any atom is -0.342 e. The lowest BCUT2D eigenvalue weighted by molar-refractivity contribution is -0.130. The van der Waals surface area contributed by atoms with Gasteiger partial charge in [0.2, 0.25) is 5.91 Å². The molecule has 2 rings (SSSR count). The fraction of sp³-hybridized carbons (Fsp3) is 0.933. The van der Waals surface area contributed by atoms with Crippen molar-refractivity contribution in [3.05, 3.63) is 0 Å². The highest BCUT2D eigenvalue weighted by atomic mass is 16.2. The van der Waals surface area contributed by atoms with Gasteiger partial charge in [-0.25, -0.2) is 0 Å². The first-order valence-electron chi connectivity index (χ1n) is 7.70.